The lowest BCUT2D eigenvalue weighted by Gasteiger charge is -2.15. The molecule has 15 heavy (non-hydrogen) atoms. The van der Waals surface area contributed by atoms with Gasteiger partial charge in [-0.15, -0.1) is 0 Å². The lowest BCUT2D eigenvalue weighted by atomic mass is 10.3. The molecule has 3 heteroatoms. The number of ether oxygens (including phenoxy) is 2. The van der Waals surface area contributed by atoms with Crippen molar-refractivity contribution >= 4 is 5.69 Å². The SMILES string of the molecule is CC(C)Oc1cc(N)ccc1OC1CC1. The Morgan fingerprint density at radius 2 is 2.00 bits per heavy atom. The molecule has 1 aromatic rings. The molecule has 1 fully saturated rings. The largest absolute Gasteiger partial charge is 0.487 e. The van der Waals surface area contributed by atoms with Crippen molar-refractivity contribution in [3.63, 3.8) is 0 Å². The van der Waals surface area contributed by atoms with Crippen LogP contribution in [0.25, 0.3) is 0 Å². The van der Waals surface area contributed by atoms with Gasteiger partial charge in [0.15, 0.2) is 11.5 Å². The molecule has 1 saturated carbocycles. The molecule has 0 unspecified atom stereocenters. The molecule has 1 aliphatic rings. The number of benzene rings is 1. The van der Waals surface area contributed by atoms with Crippen LogP contribution in [0, 0.1) is 0 Å². The first kappa shape index (κ1) is 10.1. The van der Waals surface area contributed by atoms with Crippen molar-refractivity contribution in [3.8, 4) is 11.5 Å². The Labute approximate surface area is 90.2 Å². The zero-order valence-corrected chi connectivity index (χ0v) is 9.19. The molecule has 0 heterocycles. The van der Waals surface area contributed by atoms with Crippen molar-refractivity contribution in [3.05, 3.63) is 18.2 Å². The van der Waals surface area contributed by atoms with E-state index in [1.165, 1.54) is 0 Å². The lowest BCUT2D eigenvalue weighted by molar-refractivity contribution is 0.218. The van der Waals surface area contributed by atoms with Gasteiger partial charge in [-0.1, -0.05) is 0 Å². The van der Waals surface area contributed by atoms with Crippen LogP contribution < -0.4 is 15.2 Å². The van der Waals surface area contributed by atoms with Gasteiger partial charge >= 0.3 is 0 Å². The second kappa shape index (κ2) is 4.01. The zero-order valence-electron chi connectivity index (χ0n) is 9.19. The summed E-state index contributed by atoms with van der Waals surface area (Å²) in [5.74, 6) is 1.55. The summed E-state index contributed by atoms with van der Waals surface area (Å²) in [4.78, 5) is 0. The third kappa shape index (κ3) is 2.78. The van der Waals surface area contributed by atoms with E-state index in [9.17, 15) is 0 Å². The fourth-order valence-electron chi connectivity index (χ4n) is 1.33. The fraction of sp³-hybridized carbons (Fsp3) is 0.500. The summed E-state index contributed by atoms with van der Waals surface area (Å²) in [6.07, 6.45) is 2.80. The molecule has 0 bridgehead atoms. The quantitative estimate of drug-likeness (QED) is 0.772. The van der Waals surface area contributed by atoms with Gasteiger partial charge < -0.3 is 15.2 Å². The second-order valence-corrected chi connectivity index (χ2v) is 4.19. The molecule has 0 saturated heterocycles. The Morgan fingerprint density at radius 3 is 2.60 bits per heavy atom. The highest BCUT2D eigenvalue weighted by Gasteiger charge is 2.25. The average Bonchev–Trinajstić information content (AvgIpc) is 2.92. The predicted octanol–water partition coefficient (Wildman–Crippen LogP) is 2.60. The van der Waals surface area contributed by atoms with Crippen molar-refractivity contribution in [1.29, 1.82) is 0 Å². The average molecular weight is 207 g/mol. The molecule has 1 aliphatic carbocycles. The number of hydrogen-bond acceptors (Lipinski definition) is 3. The van der Waals surface area contributed by atoms with Crippen molar-refractivity contribution in [2.45, 2.75) is 38.9 Å². The maximum atomic E-state index is 5.73. The van der Waals surface area contributed by atoms with Crippen LogP contribution in [0.15, 0.2) is 18.2 Å². The lowest BCUT2D eigenvalue weighted by Crippen LogP contribution is -2.08. The Balaban J connectivity index is 2.17. The highest BCUT2D eigenvalue weighted by molar-refractivity contribution is 5.52. The number of rotatable bonds is 4. The van der Waals surface area contributed by atoms with Crippen LogP contribution in [-0.2, 0) is 0 Å². The topological polar surface area (TPSA) is 44.5 Å². The van der Waals surface area contributed by atoms with Crippen molar-refractivity contribution in [1.82, 2.24) is 0 Å². The van der Waals surface area contributed by atoms with Gasteiger partial charge in [-0.3, -0.25) is 0 Å². The van der Waals surface area contributed by atoms with Crippen LogP contribution >= 0.6 is 0 Å². The minimum atomic E-state index is 0.133. The van der Waals surface area contributed by atoms with Crippen LogP contribution in [0.4, 0.5) is 5.69 Å². The first-order valence-electron chi connectivity index (χ1n) is 5.38. The maximum Gasteiger partial charge on any atom is 0.163 e. The molecule has 82 valence electrons. The van der Waals surface area contributed by atoms with E-state index in [0.717, 1.165) is 24.3 Å². The molecule has 0 aliphatic heterocycles. The Bertz CT molecular complexity index is 345. The smallest absolute Gasteiger partial charge is 0.163 e. The molecule has 0 radical (unpaired) electrons. The van der Waals surface area contributed by atoms with Crippen LogP contribution in [0.2, 0.25) is 0 Å². The van der Waals surface area contributed by atoms with Crippen molar-refractivity contribution in [2.24, 2.45) is 0 Å². The number of nitrogens with two attached hydrogens (primary N) is 1. The fourth-order valence-corrected chi connectivity index (χ4v) is 1.33. The second-order valence-electron chi connectivity index (χ2n) is 4.19. The minimum Gasteiger partial charge on any atom is -0.487 e. The number of anilines is 1. The van der Waals surface area contributed by atoms with Crippen LogP contribution in [0.3, 0.4) is 0 Å². The monoisotopic (exact) mass is 207 g/mol. The van der Waals surface area contributed by atoms with Gasteiger partial charge in [0.25, 0.3) is 0 Å². The van der Waals surface area contributed by atoms with E-state index in [0.29, 0.717) is 11.8 Å². The van der Waals surface area contributed by atoms with Gasteiger partial charge in [0.1, 0.15) is 0 Å². The summed E-state index contributed by atoms with van der Waals surface area (Å²) < 4.78 is 11.4. The molecule has 2 rings (SSSR count). The number of nitrogen functional groups attached to an aromatic ring is 1. The van der Waals surface area contributed by atoms with E-state index in [-0.39, 0.29) is 6.10 Å². The van der Waals surface area contributed by atoms with E-state index in [2.05, 4.69) is 0 Å². The summed E-state index contributed by atoms with van der Waals surface area (Å²) in [5, 5.41) is 0. The summed E-state index contributed by atoms with van der Waals surface area (Å²) in [5.41, 5.74) is 6.42. The van der Waals surface area contributed by atoms with E-state index in [4.69, 9.17) is 15.2 Å². The highest BCUT2D eigenvalue weighted by atomic mass is 16.5. The van der Waals surface area contributed by atoms with Crippen LogP contribution in [0.1, 0.15) is 26.7 Å². The molecule has 0 amide bonds. The van der Waals surface area contributed by atoms with E-state index in [1.807, 2.05) is 32.0 Å². The van der Waals surface area contributed by atoms with E-state index >= 15 is 0 Å². The summed E-state index contributed by atoms with van der Waals surface area (Å²) in [6, 6.07) is 5.54. The predicted molar refractivity (Wildman–Crippen MR) is 60.3 cm³/mol. The molecule has 1 aromatic carbocycles. The maximum absolute atomic E-state index is 5.73. The summed E-state index contributed by atoms with van der Waals surface area (Å²) in [6.45, 7) is 3.98. The third-order valence-corrected chi connectivity index (χ3v) is 2.15. The minimum absolute atomic E-state index is 0.133. The van der Waals surface area contributed by atoms with Crippen molar-refractivity contribution < 1.29 is 9.47 Å². The first-order chi connectivity index (χ1) is 7.15. The van der Waals surface area contributed by atoms with Gasteiger partial charge in [0.05, 0.1) is 12.2 Å². The van der Waals surface area contributed by atoms with Gasteiger partial charge in [0, 0.05) is 11.8 Å². The standard InChI is InChI=1S/C12H17NO2/c1-8(2)14-12-7-9(13)3-6-11(12)15-10-4-5-10/h3,6-8,10H,4-5,13H2,1-2H3. The number of hydrogen-bond donors (Lipinski definition) is 1. The Morgan fingerprint density at radius 1 is 1.27 bits per heavy atom. The Hall–Kier alpha value is -1.38. The zero-order chi connectivity index (χ0) is 10.8. The molecular weight excluding hydrogens is 190 g/mol. The molecule has 0 atom stereocenters. The van der Waals surface area contributed by atoms with Crippen LogP contribution in [-0.4, -0.2) is 12.2 Å². The van der Waals surface area contributed by atoms with E-state index in [1.54, 1.807) is 0 Å². The third-order valence-electron chi connectivity index (χ3n) is 2.15. The van der Waals surface area contributed by atoms with Crippen LogP contribution in [0.5, 0.6) is 11.5 Å². The Kier molecular flexibility index (Phi) is 2.71. The molecular formula is C12H17NO2. The highest BCUT2D eigenvalue weighted by Crippen LogP contribution is 2.35. The molecule has 0 aromatic heterocycles. The molecule has 2 N–H and O–H groups in total. The van der Waals surface area contributed by atoms with Gasteiger partial charge in [-0.05, 0) is 38.8 Å². The molecule has 0 spiro atoms. The molecule has 3 nitrogen and oxygen atoms in total. The van der Waals surface area contributed by atoms with Crippen molar-refractivity contribution in [2.75, 3.05) is 5.73 Å². The first-order valence-corrected chi connectivity index (χ1v) is 5.38. The normalized spacial score (nSPS) is 15.4. The van der Waals surface area contributed by atoms with Gasteiger partial charge in [-0.25, -0.2) is 0 Å². The summed E-state index contributed by atoms with van der Waals surface area (Å²) in [7, 11) is 0. The summed E-state index contributed by atoms with van der Waals surface area (Å²) >= 11 is 0. The van der Waals surface area contributed by atoms with Gasteiger partial charge in [0.2, 0.25) is 0 Å². The van der Waals surface area contributed by atoms with Gasteiger partial charge in [-0.2, -0.15) is 0 Å². The van der Waals surface area contributed by atoms with E-state index < -0.39 is 0 Å².